The number of hydrogen-bond donors (Lipinski definition) is 2. The average molecular weight is 402 g/mol. The third-order valence-corrected chi connectivity index (χ3v) is 4.44. The van der Waals surface area contributed by atoms with Gasteiger partial charge in [0.2, 0.25) is 0 Å². The monoisotopic (exact) mass is 402 g/mol. The lowest BCUT2D eigenvalue weighted by atomic mass is 10.00. The summed E-state index contributed by atoms with van der Waals surface area (Å²) in [5.41, 5.74) is 8.24. The topological polar surface area (TPSA) is 84.5 Å². The summed E-state index contributed by atoms with van der Waals surface area (Å²) in [6.45, 7) is 1.41. The SMILES string of the molecule is Cc1ccc(C(=O)NNC(=O)COC(=O)c2ccccc2Cc2ccccc2)cc1. The Bertz CT molecular complexity index is 1030. The molecule has 0 fully saturated rings. The molecule has 6 nitrogen and oxygen atoms in total. The summed E-state index contributed by atoms with van der Waals surface area (Å²) in [7, 11) is 0. The van der Waals surface area contributed by atoms with Crippen LogP contribution in [0.15, 0.2) is 78.9 Å². The number of aryl methyl sites for hydroxylation is 1. The van der Waals surface area contributed by atoms with Crippen LogP contribution in [0, 0.1) is 6.92 Å². The molecule has 3 rings (SSSR count). The Morgan fingerprint density at radius 3 is 2.20 bits per heavy atom. The van der Waals surface area contributed by atoms with Crippen LogP contribution in [-0.4, -0.2) is 24.4 Å². The molecule has 30 heavy (non-hydrogen) atoms. The molecule has 0 bridgehead atoms. The lowest BCUT2D eigenvalue weighted by molar-refractivity contribution is -0.125. The lowest BCUT2D eigenvalue weighted by Crippen LogP contribution is -2.43. The third kappa shape index (κ3) is 5.78. The highest BCUT2D eigenvalue weighted by Crippen LogP contribution is 2.15. The Balaban J connectivity index is 1.52. The first kappa shape index (κ1) is 20.8. The number of hydrazine groups is 1. The average Bonchev–Trinajstić information content (AvgIpc) is 2.77. The number of benzene rings is 3. The van der Waals surface area contributed by atoms with E-state index in [0.29, 0.717) is 17.5 Å². The minimum absolute atomic E-state index is 0.401. The second-order valence-corrected chi connectivity index (χ2v) is 6.76. The van der Waals surface area contributed by atoms with E-state index in [1.165, 1.54) is 0 Å². The smallest absolute Gasteiger partial charge is 0.338 e. The van der Waals surface area contributed by atoms with Crippen molar-refractivity contribution in [3.05, 3.63) is 107 Å². The molecule has 0 heterocycles. The molecule has 2 N–H and O–H groups in total. The Hall–Kier alpha value is -3.93. The van der Waals surface area contributed by atoms with Gasteiger partial charge in [0.1, 0.15) is 0 Å². The summed E-state index contributed by atoms with van der Waals surface area (Å²) in [6, 6.07) is 23.8. The van der Waals surface area contributed by atoms with Gasteiger partial charge in [-0.05, 0) is 42.7 Å². The van der Waals surface area contributed by atoms with E-state index in [2.05, 4.69) is 10.9 Å². The molecule has 0 aliphatic rings. The van der Waals surface area contributed by atoms with Crippen molar-refractivity contribution in [2.24, 2.45) is 0 Å². The number of carbonyl (C=O) groups is 3. The number of nitrogens with one attached hydrogen (secondary N) is 2. The minimum Gasteiger partial charge on any atom is -0.452 e. The predicted molar refractivity (Wildman–Crippen MR) is 113 cm³/mol. The highest BCUT2D eigenvalue weighted by molar-refractivity contribution is 5.96. The van der Waals surface area contributed by atoms with Gasteiger partial charge in [0.05, 0.1) is 5.56 Å². The van der Waals surface area contributed by atoms with Crippen LogP contribution in [0.25, 0.3) is 0 Å². The molecule has 6 heteroatoms. The Morgan fingerprint density at radius 2 is 1.47 bits per heavy atom. The lowest BCUT2D eigenvalue weighted by Gasteiger charge is -2.11. The highest BCUT2D eigenvalue weighted by Gasteiger charge is 2.15. The van der Waals surface area contributed by atoms with E-state index in [4.69, 9.17) is 4.74 Å². The van der Waals surface area contributed by atoms with Gasteiger partial charge in [0, 0.05) is 5.56 Å². The molecule has 152 valence electrons. The molecule has 0 saturated heterocycles. The van der Waals surface area contributed by atoms with Crippen LogP contribution in [0.4, 0.5) is 0 Å². The number of rotatable bonds is 6. The zero-order chi connectivity index (χ0) is 21.3. The highest BCUT2D eigenvalue weighted by atomic mass is 16.5. The van der Waals surface area contributed by atoms with Crippen LogP contribution < -0.4 is 10.9 Å². The molecule has 3 aromatic rings. The van der Waals surface area contributed by atoms with E-state index in [0.717, 1.165) is 16.7 Å². The summed E-state index contributed by atoms with van der Waals surface area (Å²) < 4.78 is 5.12. The van der Waals surface area contributed by atoms with E-state index in [-0.39, 0.29) is 0 Å². The number of ether oxygens (including phenoxy) is 1. The summed E-state index contributed by atoms with van der Waals surface area (Å²) >= 11 is 0. The summed E-state index contributed by atoms with van der Waals surface area (Å²) in [5.74, 6) is -1.69. The molecular formula is C24H22N2O4. The van der Waals surface area contributed by atoms with Crippen molar-refractivity contribution >= 4 is 17.8 Å². The molecule has 3 aromatic carbocycles. The van der Waals surface area contributed by atoms with Crippen LogP contribution in [0.1, 0.15) is 37.4 Å². The second-order valence-electron chi connectivity index (χ2n) is 6.76. The fourth-order valence-electron chi connectivity index (χ4n) is 2.84. The van der Waals surface area contributed by atoms with Gasteiger partial charge in [-0.15, -0.1) is 0 Å². The molecule has 2 amide bonds. The minimum atomic E-state index is -0.635. The van der Waals surface area contributed by atoms with Gasteiger partial charge in [-0.3, -0.25) is 20.4 Å². The molecule has 0 aliphatic heterocycles. The molecule has 0 aliphatic carbocycles. The van der Waals surface area contributed by atoms with Crippen molar-refractivity contribution in [2.45, 2.75) is 13.3 Å². The molecule has 0 atom stereocenters. The number of carbonyl (C=O) groups excluding carboxylic acids is 3. The molecule has 0 saturated carbocycles. The second kappa shape index (κ2) is 10.0. The van der Waals surface area contributed by atoms with Crippen LogP contribution in [0.2, 0.25) is 0 Å². The molecule has 0 radical (unpaired) electrons. The van der Waals surface area contributed by atoms with Gasteiger partial charge in [0.15, 0.2) is 6.61 Å². The maximum absolute atomic E-state index is 12.5. The molecule has 0 aromatic heterocycles. The molecule has 0 spiro atoms. The standard InChI is InChI=1S/C24H22N2O4/c1-17-11-13-19(14-12-17)23(28)26-25-22(27)16-30-24(29)21-10-6-5-9-20(21)15-18-7-3-2-4-8-18/h2-14H,15-16H2,1H3,(H,25,27)(H,26,28). The Morgan fingerprint density at radius 1 is 0.800 bits per heavy atom. The van der Waals surface area contributed by atoms with E-state index in [1.54, 1.807) is 36.4 Å². The first-order valence-corrected chi connectivity index (χ1v) is 9.48. The first-order chi connectivity index (χ1) is 14.5. The summed E-state index contributed by atoms with van der Waals surface area (Å²) in [4.78, 5) is 36.4. The maximum Gasteiger partial charge on any atom is 0.338 e. The van der Waals surface area contributed by atoms with Crippen LogP contribution in [-0.2, 0) is 16.0 Å². The largest absolute Gasteiger partial charge is 0.452 e. The van der Waals surface area contributed by atoms with Crippen LogP contribution in [0.5, 0.6) is 0 Å². The molecule has 0 unspecified atom stereocenters. The summed E-state index contributed by atoms with van der Waals surface area (Å²) in [5, 5.41) is 0. The van der Waals surface area contributed by atoms with E-state index < -0.39 is 24.4 Å². The fourth-order valence-corrected chi connectivity index (χ4v) is 2.84. The van der Waals surface area contributed by atoms with E-state index >= 15 is 0 Å². The molecular weight excluding hydrogens is 380 g/mol. The zero-order valence-corrected chi connectivity index (χ0v) is 16.6. The van der Waals surface area contributed by atoms with Gasteiger partial charge in [0.25, 0.3) is 11.8 Å². The first-order valence-electron chi connectivity index (χ1n) is 9.48. The van der Waals surface area contributed by atoms with Crippen molar-refractivity contribution in [2.75, 3.05) is 6.61 Å². The van der Waals surface area contributed by atoms with Gasteiger partial charge < -0.3 is 4.74 Å². The van der Waals surface area contributed by atoms with Gasteiger partial charge in [-0.2, -0.15) is 0 Å². The number of esters is 1. The Labute approximate surface area is 174 Å². The fraction of sp³-hybridized carbons (Fsp3) is 0.125. The van der Waals surface area contributed by atoms with Crippen molar-refractivity contribution in [1.29, 1.82) is 0 Å². The number of hydrogen-bond acceptors (Lipinski definition) is 4. The van der Waals surface area contributed by atoms with Crippen molar-refractivity contribution in [1.82, 2.24) is 10.9 Å². The Kier molecular flexibility index (Phi) is 6.95. The van der Waals surface area contributed by atoms with E-state index in [1.807, 2.05) is 49.4 Å². The van der Waals surface area contributed by atoms with Crippen molar-refractivity contribution in [3.63, 3.8) is 0 Å². The van der Waals surface area contributed by atoms with Gasteiger partial charge in [-0.25, -0.2) is 4.79 Å². The summed E-state index contributed by atoms with van der Waals surface area (Å²) in [6.07, 6.45) is 0.574. The van der Waals surface area contributed by atoms with Crippen LogP contribution in [0.3, 0.4) is 0 Å². The number of amides is 2. The zero-order valence-electron chi connectivity index (χ0n) is 16.6. The van der Waals surface area contributed by atoms with Crippen molar-refractivity contribution in [3.8, 4) is 0 Å². The normalized spacial score (nSPS) is 10.2. The third-order valence-electron chi connectivity index (χ3n) is 4.44. The van der Waals surface area contributed by atoms with Gasteiger partial charge in [-0.1, -0.05) is 66.2 Å². The van der Waals surface area contributed by atoms with Gasteiger partial charge >= 0.3 is 5.97 Å². The quantitative estimate of drug-likeness (QED) is 0.490. The maximum atomic E-state index is 12.5. The van der Waals surface area contributed by atoms with Crippen LogP contribution >= 0.6 is 0 Å². The van der Waals surface area contributed by atoms with E-state index in [9.17, 15) is 14.4 Å². The van der Waals surface area contributed by atoms with Crippen molar-refractivity contribution < 1.29 is 19.1 Å². The predicted octanol–water partition coefficient (Wildman–Crippen LogP) is 3.20.